The van der Waals surface area contributed by atoms with Crippen LogP contribution in [0.25, 0.3) is 0 Å². The standard InChI is InChI=1S/C7H14NO2S/c1-8(2,3)7-4-5-11(9,10)6-7/h4-5,7H,6H2,1-3H3/q+1/t7-/m0/s1. The van der Waals surface area contributed by atoms with Gasteiger partial charge in [-0.05, 0) is 6.08 Å². The summed E-state index contributed by atoms with van der Waals surface area (Å²) in [6, 6.07) is 0.125. The number of nitrogens with zero attached hydrogens (tertiary/aromatic N) is 1. The third kappa shape index (κ3) is 2.04. The molecule has 0 N–H and O–H groups in total. The van der Waals surface area contributed by atoms with Crippen molar-refractivity contribution in [3.05, 3.63) is 11.5 Å². The Kier molecular flexibility index (Phi) is 1.84. The van der Waals surface area contributed by atoms with Crippen molar-refractivity contribution in [1.29, 1.82) is 0 Å². The van der Waals surface area contributed by atoms with E-state index in [2.05, 4.69) is 0 Å². The van der Waals surface area contributed by atoms with Crippen LogP contribution in [0, 0.1) is 0 Å². The fraction of sp³-hybridized carbons (Fsp3) is 0.714. The summed E-state index contributed by atoms with van der Waals surface area (Å²) in [6.07, 6.45) is 1.77. The van der Waals surface area contributed by atoms with Gasteiger partial charge in [0.05, 0.1) is 21.1 Å². The van der Waals surface area contributed by atoms with Crippen LogP contribution >= 0.6 is 0 Å². The summed E-state index contributed by atoms with van der Waals surface area (Å²) in [4.78, 5) is 0. The molecule has 0 radical (unpaired) electrons. The Morgan fingerprint density at radius 2 is 1.91 bits per heavy atom. The van der Waals surface area contributed by atoms with Crippen molar-refractivity contribution in [3.8, 4) is 0 Å². The summed E-state index contributed by atoms with van der Waals surface area (Å²) in [7, 11) is 3.11. The fourth-order valence-corrected chi connectivity index (χ4v) is 2.61. The number of quaternary nitrogens is 1. The van der Waals surface area contributed by atoms with Gasteiger partial charge in [0.25, 0.3) is 0 Å². The van der Waals surface area contributed by atoms with E-state index >= 15 is 0 Å². The topological polar surface area (TPSA) is 34.1 Å². The second-order valence-electron chi connectivity index (χ2n) is 3.84. The van der Waals surface area contributed by atoms with Crippen LogP contribution in [-0.4, -0.2) is 45.8 Å². The van der Waals surface area contributed by atoms with Gasteiger partial charge in [-0.2, -0.15) is 0 Å². The predicted octanol–water partition coefficient (Wildman–Crippen LogP) is 0.00330. The molecule has 1 heterocycles. The number of sulfone groups is 1. The Labute approximate surface area is 67.8 Å². The number of rotatable bonds is 1. The van der Waals surface area contributed by atoms with Gasteiger partial charge < -0.3 is 4.48 Å². The van der Waals surface area contributed by atoms with Crippen LogP contribution < -0.4 is 0 Å². The maximum absolute atomic E-state index is 11.0. The van der Waals surface area contributed by atoms with Crippen molar-refractivity contribution in [1.82, 2.24) is 0 Å². The molecule has 4 heteroatoms. The Morgan fingerprint density at radius 3 is 2.09 bits per heavy atom. The van der Waals surface area contributed by atoms with Crippen LogP contribution in [0.4, 0.5) is 0 Å². The summed E-state index contributed by atoms with van der Waals surface area (Å²) in [5.41, 5.74) is 0. The average Bonchev–Trinajstić information content (AvgIpc) is 2.07. The van der Waals surface area contributed by atoms with Gasteiger partial charge in [-0.3, -0.25) is 0 Å². The molecular weight excluding hydrogens is 162 g/mol. The van der Waals surface area contributed by atoms with Gasteiger partial charge in [0.2, 0.25) is 0 Å². The Hall–Kier alpha value is -0.350. The lowest BCUT2D eigenvalue weighted by molar-refractivity contribution is -0.886. The van der Waals surface area contributed by atoms with E-state index in [1.807, 2.05) is 21.1 Å². The van der Waals surface area contributed by atoms with E-state index in [1.54, 1.807) is 6.08 Å². The van der Waals surface area contributed by atoms with Gasteiger partial charge in [-0.25, -0.2) is 8.42 Å². The number of likely N-dealkylation sites (N-methyl/N-ethyl adjacent to an activating group) is 1. The minimum absolute atomic E-state index is 0.125. The molecule has 0 aromatic carbocycles. The van der Waals surface area contributed by atoms with Crippen LogP contribution in [-0.2, 0) is 9.84 Å². The van der Waals surface area contributed by atoms with Crippen molar-refractivity contribution in [2.75, 3.05) is 26.9 Å². The van der Waals surface area contributed by atoms with E-state index in [1.165, 1.54) is 5.41 Å². The Balaban J connectivity index is 2.81. The third-order valence-corrected chi connectivity index (χ3v) is 3.28. The number of hydrogen-bond acceptors (Lipinski definition) is 2. The highest BCUT2D eigenvalue weighted by molar-refractivity contribution is 7.94. The first-order valence-corrected chi connectivity index (χ1v) is 5.25. The summed E-state index contributed by atoms with van der Waals surface area (Å²) >= 11 is 0. The van der Waals surface area contributed by atoms with E-state index in [0.717, 1.165) is 0 Å². The molecule has 3 nitrogen and oxygen atoms in total. The van der Waals surface area contributed by atoms with Crippen LogP contribution in [0.15, 0.2) is 11.5 Å². The maximum atomic E-state index is 11.0. The van der Waals surface area contributed by atoms with Crippen molar-refractivity contribution >= 4 is 9.84 Å². The summed E-state index contributed by atoms with van der Waals surface area (Å²) in [5, 5.41) is 1.32. The summed E-state index contributed by atoms with van der Waals surface area (Å²) in [6.45, 7) is 0. The molecule has 0 aliphatic carbocycles. The zero-order chi connectivity index (χ0) is 8.70. The maximum Gasteiger partial charge on any atom is 0.177 e. The number of hydrogen-bond donors (Lipinski definition) is 0. The van der Waals surface area contributed by atoms with Crippen molar-refractivity contribution in [3.63, 3.8) is 0 Å². The molecule has 0 saturated carbocycles. The van der Waals surface area contributed by atoms with Crippen molar-refractivity contribution < 1.29 is 12.9 Å². The van der Waals surface area contributed by atoms with E-state index < -0.39 is 9.84 Å². The summed E-state index contributed by atoms with van der Waals surface area (Å²) < 4.78 is 22.7. The molecule has 1 atom stereocenters. The minimum atomic E-state index is -2.87. The van der Waals surface area contributed by atoms with Gasteiger partial charge in [-0.1, -0.05) is 0 Å². The van der Waals surface area contributed by atoms with Crippen molar-refractivity contribution in [2.45, 2.75) is 6.04 Å². The zero-order valence-electron chi connectivity index (χ0n) is 7.11. The molecule has 1 aliphatic heterocycles. The largest absolute Gasteiger partial charge is 0.324 e. The molecule has 64 valence electrons. The lowest BCUT2D eigenvalue weighted by atomic mass is 10.3. The normalized spacial score (nSPS) is 29.2. The van der Waals surface area contributed by atoms with Gasteiger partial charge >= 0.3 is 0 Å². The first kappa shape index (κ1) is 8.74. The molecule has 0 amide bonds. The quantitative estimate of drug-likeness (QED) is 0.527. The molecule has 1 rings (SSSR count). The highest BCUT2D eigenvalue weighted by Gasteiger charge is 2.31. The Morgan fingerprint density at radius 1 is 1.36 bits per heavy atom. The van der Waals surface area contributed by atoms with Crippen LogP contribution in [0.1, 0.15) is 0 Å². The second-order valence-corrected chi connectivity index (χ2v) is 5.77. The Bertz CT molecular complexity index is 271. The average molecular weight is 176 g/mol. The van der Waals surface area contributed by atoms with Gasteiger partial charge in [0.15, 0.2) is 9.84 Å². The third-order valence-electron chi connectivity index (χ3n) is 1.91. The highest BCUT2D eigenvalue weighted by atomic mass is 32.2. The fourth-order valence-electron chi connectivity index (χ4n) is 1.04. The van der Waals surface area contributed by atoms with Crippen LogP contribution in [0.3, 0.4) is 0 Å². The lowest BCUT2D eigenvalue weighted by Crippen LogP contribution is -2.45. The predicted molar refractivity (Wildman–Crippen MR) is 44.7 cm³/mol. The van der Waals surface area contributed by atoms with Gasteiger partial charge in [-0.15, -0.1) is 0 Å². The van der Waals surface area contributed by atoms with E-state index in [0.29, 0.717) is 4.48 Å². The lowest BCUT2D eigenvalue weighted by Gasteiger charge is -2.29. The first-order chi connectivity index (χ1) is 4.81. The highest BCUT2D eigenvalue weighted by Crippen LogP contribution is 2.15. The van der Waals surface area contributed by atoms with Crippen molar-refractivity contribution in [2.24, 2.45) is 0 Å². The molecule has 1 aliphatic rings. The SMILES string of the molecule is C[N+](C)(C)[C@H]1C=CS(=O)(=O)C1. The van der Waals surface area contributed by atoms with E-state index in [4.69, 9.17) is 0 Å². The molecule has 0 spiro atoms. The van der Waals surface area contributed by atoms with Gasteiger partial charge in [0.1, 0.15) is 11.8 Å². The zero-order valence-corrected chi connectivity index (χ0v) is 7.93. The molecular formula is C7H14NO2S+. The molecule has 0 fully saturated rings. The van der Waals surface area contributed by atoms with Gasteiger partial charge in [0, 0.05) is 5.41 Å². The molecule has 0 aromatic rings. The molecule has 0 bridgehead atoms. The van der Waals surface area contributed by atoms with E-state index in [-0.39, 0.29) is 11.8 Å². The van der Waals surface area contributed by atoms with Crippen LogP contribution in [0.5, 0.6) is 0 Å². The molecule has 0 unspecified atom stereocenters. The first-order valence-electron chi connectivity index (χ1n) is 3.53. The second kappa shape index (κ2) is 2.32. The molecule has 0 aromatic heterocycles. The van der Waals surface area contributed by atoms with E-state index in [9.17, 15) is 8.42 Å². The molecule has 11 heavy (non-hydrogen) atoms. The van der Waals surface area contributed by atoms with Crippen LogP contribution in [0.2, 0.25) is 0 Å². The molecule has 0 saturated heterocycles. The smallest absolute Gasteiger partial charge is 0.177 e. The monoisotopic (exact) mass is 176 g/mol. The minimum Gasteiger partial charge on any atom is -0.324 e. The summed E-state index contributed by atoms with van der Waals surface area (Å²) in [5.74, 6) is 0.260.